The third kappa shape index (κ3) is 4.07. The van der Waals surface area contributed by atoms with E-state index in [1.807, 2.05) is 27.9 Å². The highest BCUT2D eigenvalue weighted by molar-refractivity contribution is 6.30. The molecule has 0 unspecified atom stereocenters. The molecular formula is C21H26Cl2N4O. The number of fused-ring (bicyclic) bond motifs is 3. The van der Waals surface area contributed by atoms with Crippen molar-refractivity contribution in [2.45, 2.75) is 51.5 Å². The van der Waals surface area contributed by atoms with Crippen molar-refractivity contribution in [1.82, 2.24) is 20.2 Å². The van der Waals surface area contributed by atoms with Crippen LogP contribution in [-0.2, 0) is 13.0 Å². The molecule has 1 aliphatic carbocycles. The summed E-state index contributed by atoms with van der Waals surface area (Å²) in [5.74, 6) is 0.582. The minimum atomic E-state index is -0.100. The minimum Gasteiger partial charge on any atom is -0.283 e. The summed E-state index contributed by atoms with van der Waals surface area (Å²) in [6, 6.07) is 5.96. The fourth-order valence-electron chi connectivity index (χ4n) is 4.18. The first-order chi connectivity index (χ1) is 13.7. The minimum absolute atomic E-state index is 0.100. The molecule has 150 valence electrons. The summed E-state index contributed by atoms with van der Waals surface area (Å²) in [7, 11) is 0. The van der Waals surface area contributed by atoms with Gasteiger partial charge in [-0.25, -0.2) is 5.01 Å². The van der Waals surface area contributed by atoms with Crippen LogP contribution in [0.1, 0.15) is 60.1 Å². The van der Waals surface area contributed by atoms with Crippen LogP contribution in [0, 0.1) is 0 Å². The number of unbranched alkanes of at least 4 members (excludes halogenated alkanes) is 2. The van der Waals surface area contributed by atoms with Crippen LogP contribution in [-0.4, -0.2) is 39.7 Å². The monoisotopic (exact) mass is 420 g/mol. The van der Waals surface area contributed by atoms with Crippen molar-refractivity contribution in [3.63, 3.8) is 0 Å². The van der Waals surface area contributed by atoms with E-state index in [1.165, 1.54) is 12.0 Å². The van der Waals surface area contributed by atoms with Gasteiger partial charge in [-0.05, 0) is 43.4 Å². The Hall–Kier alpha value is -1.56. The average Bonchev–Trinajstić information content (AvgIpc) is 3.23. The second-order valence-electron chi connectivity index (χ2n) is 7.62. The number of nitrogens with zero attached hydrogens (tertiary/aromatic N) is 3. The quantitative estimate of drug-likeness (QED) is 0.447. The van der Waals surface area contributed by atoms with Crippen LogP contribution < -0.4 is 5.43 Å². The molecule has 0 atom stereocenters. The maximum atomic E-state index is 13.0. The molecule has 1 aromatic heterocycles. The third-order valence-corrected chi connectivity index (χ3v) is 6.08. The van der Waals surface area contributed by atoms with Crippen LogP contribution in [0.3, 0.4) is 0 Å². The number of nitrogens with one attached hydrogen (secondary N) is 1. The first-order valence-electron chi connectivity index (χ1n) is 10.2. The Morgan fingerprint density at radius 3 is 2.75 bits per heavy atom. The second kappa shape index (κ2) is 8.85. The van der Waals surface area contributed by atoms with Gasteiger partial charge in [0.25, 0.3) is 5.91 Å². The zero-order chi connectivity index (χ0) is 19.5. The third-order valence-electron chi connectivity index (χ3n) is 5.57. The van der Waals surface area contributed by atoms with Crippen molar-refractivity contribution < 1.29 is 4.79 Å². The van der Waals surface area contributed by atoms with Crippen LogP contribution >= 0.6 is 23.2 Å². The molecule has 2 aromatic rings. The van der Waals surface area contributed by atoms with E-state index in [2.05, 4.69) is 5.43 Å². The average molecular weight is 421 g/mol. The second-order valence-corrected chi connectivity index (χ2v) is 8.43. The van der Waals surface area contributed by atoms with Gasteiger partial charge >= 0.3 is 0 Å². The number of rotatable bonds is 7. The lowest BCUT2D eigenvalue weighted by Crippen LogP contribution is -2.45. The lowest BCUT2D eigenvalue weighted by molar-refractivity contribution is 0.0743. The zero-order valence-electron chi connectivity index (χ0n) is 16.0. The predicted molar refractivity (Wildman–Crippen MR) is 113 cm³/mol. The van der Waals surface area contributed by atoms with E-state index in [1.54, 1.807) is 0 Å². The molecule has 2 aliphatic rings. The van der Waals surface area contributed by atoms with Gasteiger partial charge in [-0.3, -0.25) is 14.9 Å². The van der Waals surface area contributed by atoms with E-state index >= 15 is 0 Å². The Morgan fingerprint density at radius 2 is 1.96 bits per heavy atom. The number of aryl methyl sites for hydroxylation is 1. The van der Waals surface area contributed by atoms with E-state index < -0.39 is 0 Å². The van der Waals surface area contributed by atoms with E-state index in [4.69, 9.17) is 28.3 Å². The van der Waals surface area contributed by atoms with Crippen molar-refractivity contribution in [2.24, 2.45) is 0 Å². The summed E-state index contributed by atoms with van der Waals surface area (Å²) in [6.07, 6.45) is 7.23. The molecule has 0 saturated carbocycles. The number of hydrazine groups is 1. The van der Waals surface area contributed by atoms with Crippen molar-refractivity contribution in [2.75, 3.05) is 19.0 Å². The highest BCUT2D eigenvalue weighted by Gasteiger charge is 2.31. The predicted octanol–water partition coefficient (Wildman–Crippen LogP) is 4.65. The number of benzene rings is 1. The van der Waals surface area contributed by atoms with E-state index in [-0.39, 0.29) is 5.91 Å². The van der Waals surface area contributed by atoms with Crippen LogP contribution in [0.15, 0.2) is 18.2 Å². The van der Waals surface area contributed by atoms with Gasteiger partial charge in [0.05, 0.1) is 5.69 Å². The van der Waals surface area contributed by atoms with Crippen molar-refractivity contribution in [1.29, 1.82) is 0 Å². The smallest absolute Gasteiger partial charge is 0.283 e. The van der Waals surface area contributed by atoms with Crippen LogP contribution in [0.25, 0.3) is 11.3 Å². The molecule has 1 aromatic carbocycles. The molecule has 1 fully saturated rings. The van der Waals surface area contributed by atoms with Gasteiger partial charge in [0, 0.05) is 48.1 Å². The lowest BCUT2D eigenvalue weighted by Gasteiger charge is -2.26. The van der Waals surface area contributed by atoms with Gasteiger partial charge in [-0.2, -0.15) is 5.10 Å². The summed E-state index contributed by atoms with van der Waals surface area (Å²) in [5, 5.41) is 7.48. The SMILES string of the molecule is O=C(NN1CCCCC1)c1nn(CCCCCCl)c2c1Cc1cc(Cl)ccc1-2. The number of carbonyl (C=O) groups is 1. The maximum absolute atomic E-state index is 13.0. The molecule has 1 amide bonds. The first kappa shape index (κ1) is 19.7. The first-order valence-corrected chi connectivity index (χ1v) is 11.1. The summed E-state index contributed by atoms with van der Waals surface area (Å²) >= 11 is 12.0. The van der Waals surface area contributed by atoms with Crippen molar-refractivity contribution >= 4 is 29.1 Å². The molecule has 4 rings (SSSR count). The molecule has 0 spiro atoms. The van der Waals surface area contributed by atoms with Crippen LogP contribution in [0.2, 0.25) is 5.02 Å². The zero-order valence-corrected chi connectivity index (χ0v) is 17.5. The number of aromatic nitrogens is 2. The normalized spacial score (nSPS) is 16.1. The molecule has 0 bridgehead atoms. The number of alkyl halides is 1. The number of hydrogen-bond acceptors (Lipinski definition) is 3. The molecule has 2 heterocycles. The summed E-state index contributed by atoms with van der Waals surface area (Å²) < 4.78 is 2.01. The van der Waals surface area contributed by atoms with Gasteiger partial charge in [0.1, 0.15) is 0 Å². The number of amides is 1. The van der Waals surface area contributed by atoms with E-state index in [0.29, 0.717) is 18.0 Å². The Balaban J connectivity index is 1.61. The Kier molecular flexibility index (Phi) is 6.24. The Labute approximate surface area is 176 Å². The van der Waals surface area contributed by atoms with Gasteiger partial charge in [-0.1, -0.05) is 30.5 Å². The highest BCUT2D eigenvalue weighted by Crippen LogP contribution is 2.39. The van der Waals surface area contributed by atoms with Crippen molar-refractivity contribution in [3.05, 3.63) is 40.0 Å². The molecule has 28 heavy (non-hydrogen) atoms. The molecular weight excluding hydrogens is 395 g/mol. The number of halogens is 2. The van der Waals surface area contributed by atoms with Crippen LogP contribution in [0.4, 0.5) is 0 Å². The molecule has 7 heteroatoms. The molecule has 1 N–H and O–H groups in total. The van der Waals surface area contributed by atoms with Crippen LogP contribution in [0.5, 0.6) is 0 Å². The summed E-state index contributed by atoms with van der Waals surface area (Å²) in [4.78, 5) is 13.0. The number of hydrogen-bond donors (Lipinski definition) is 1. The van der Waals surface area contributed by atoms with E-state index in [9.17, 15) is 4.79 Å². The molecule has 5 nitrogen and oxygen atoms in total. The Bertz CT molecular complexity index is 858. The Morgan fingerprint density at radius 1 is 1.14 bits per heavy atom. The van der Waals surface area contributed by atoms with Gasteiger partial charge < -0.3 is 0 Å². The molecule has 1 saturated heterocycles. The fraction of sp³-hybridized carbons (Fsp3) is 0.524. The largest absolute Gasteiger partial charge is 0.286 e. The van der Waals surface area contributed by atoms with Crippen molar-refractivity contribution in [3.8, 4) is 11.3 Å². The topological polar surface area (TPSA) is 50.2 Å². The van der Waals surface area contributed by atoms with Gasteiger partial charge in [0.15, 0.2) is 5.69 Å². The highest BCUT2D eigenvalue weighted by atomic mass is 35.5. The standard InChI is InChI=1S/C21H26Cl2N4O/c22-9-3-1-6-12-27-20-17-8-7-16(23)13-15(17)14-18(20)19(24-27)21(28)25-26-10-4-2-5-11-26/h7-8,13H,1-6,9-12,14H2,(H,25,28). The molecule has 0 radical (unpaired) electrons. The van der Waals surface area contributed by atoms with Gasteiger partial charge in [-0.15, -0.1) is 11.6 Å². The number of carbonyl (C=O) groups excluding carboxylic acids is 1. The molecule has 1 aliphatic heterocycles. The summed E-state index contributed by atoms with van der Waals surface area (Å²) in [5.41, 5.74) is 8.01. The lowest BCUT2D eigenvalue weighted by atomic mass is 10.1. The van der Waals surface area contributed by atoms with Gasteiger partial charge in [0.2, 0.25) is 0 Å². The number of piperidine rings is 1. The maximum Gasteiger partial charge on any atom is 0.286 e. The van der Waals surface area contributed by atoms with E-state index in [0.717, 1.165) is 73.6 Å². The summed E-state index contributed by atoms with van der Waals surface area (Å²) in [6.45, 7) is 2.60. The fourth-order valence-corrected chi connectivity index (χ4v) is 4.56.